The zero-order valence-electron chi connectivity index (χ0n) is 10.6. The summed E-state index contributed by atoms with van der Waals surface area (Å²) in [6, 6.07) is 5.91. The molecular weight excluding hydrogens is 230 g/mol. The summed E-state index contributed by atoms with van der Waals surface area (Å²) < 4.78 is 10.8. The summed E-state index contributed by atoms with van der Waals surface area (Å²) >= 11 is 0. The molecule has 0 atom stereocenters. The van der Waals surface area contributed by atoms with Gasteiger partial charge in [-0.15, -0.1) is 0 Å². The van der Waals surface area contributed by atoms with Crippen LogP contribution >= 0.6 is 0 Å². The van der Waals surface area contributed by atoms with E-state index in [0.29, 0.717) is 13.2 Å². The summed E-state index contributed by atoms with van der Waals surface area (Å²) in [7, 11) is 1.64. The standard InChI is InChI=1S/C13H17N3O2/c1-3-18-12-5-4-10(6-13(12)17-2)7-14-11-8-15-16-9-11/h4-6,8-9,14H,3,7H2,1-2H3,(H,15,16). The second-order valence-corrected chi connectivity index (χ2v) is 3.76. The van der Waals surface area contributed by atoms with Crippen molar-refractivity contribution in [2.45, 2.75) is 13.5 Å². The topological polar surface area (TPSA) is 59.2 Å². The van der Waals surface area contributed by atoms with E-state index < -0.39 is 0 Å². The summed E-state index contributed by atoms with van der Waals surface area (Å²) in [4.78, 5) is 0. The summed E-state index contributed by atoms with van der Waals surface area (Å²) in [6.45, 7) is 3.29. The van der Waals surface area contributed by atoms with Gasteiger partial charge in [0, 0.05) is 12.7 Å². The van der Waals surface area contributed by atoms with Crippen LogP contribution < -0.4 is 14.8 Å². The first-order valence-corrected chi connectivity index (χ1v) is 5.86. The lowest BCUT2D eigenvalue weighted by atomic mass is 10.2. The summed E-state index contributed by atoms with van der Waals surface area (Å²) in [5, 5.41) is 9.89. The van der Waals surface area contributed by atoms with Crippen molar-refractivity contribution in [3.63, 3.8) is 0 Å². The third-order valence-electron chi connectivity index (χ3n) is 2.52. The first-order valence-electron chi connectivity index (χ1n) is 5.86. The van der Waals surface area contributed by atoms with E-state index in [-0.39, 0.29) is 0 Å². The average molecular weight is 247 g/mol. The monoisotopic (exact) mass is 247 g/mol. The molecule has 0 saturated carbocycles. The van der Waals surface area contributed by atoms with Gasteiger partial charge in [-0.25, -0.2) is 0 Å². The van der Waals surface area contributed by atoms with Crippen molar-refractivity contribution in [1.29, 1.82) is 0 Å². The minimum Gasteiger partial charge on any atom is -0.493 e. The van der Waals surface area contributed by atoms with Crippen LogP contribution in [0.5, 0.6) is 11.5 Å². The number of ether oxygens (including phenoxy) is 2. The molecule has 0 aliphatic carbocycles. The van der Waals surface area contributed by atoms with E-state index in [1.54, 1.807) is 13.3 Å². The van der Waals surface area contributed by atoms with Crippen molar-refractivity contribution < 1.29 is 9.47 Å². The average Bonchev–Trinajstić information content (AvgIpc) is 2.91. The van der Waals surface area contributed by atoms with Crippen LogP contribution in [0, 0.1) is 0 Å². The van der Waals surface area contributed by atoms with Gasteiger partial charge in [0.25, 0.3) is 0 Å². The van der Waals surface area contributed by atoms with Gasteiger partial charge in [-0.2, -0.15) is 5.10 Å². The van der Waals surface area contributed by atoms with Gasteiger partial charge >= 0.3 is 0 Å². The molecule has 0 spiro atoms. The van der Waals surface area contributed by atoms with E-state index in [4.69, 9.17) is 9.47 Å². The molecule has 18 heavy (non-hydrogen) atoms. The molecule has 0 fully saturated rings. The molecule has 2 N–H and O–H groups in total. The normalized spacial score (nSPS) is 10.1. The lowest BCUT2D eigenvalue weighted by Gasteiger charge is -2.11. The molecule has 0 saturated heterocycles. The highest BCUT2D eigenvalue weighted by molar-refractivity contribution is 5.45. The summed E-state index contributed by atoms with van der Waals surface area (Å²) in [6.07, 6.45) is 3.55. The zero-order chi connectivity index (χ0) is 12.8. The fraction of sp³-hybridized carbons (Fsp3) is 0.308. The van der Waals surface area contributed by atoms with Gasteiger partial charge in [0.05, 0.1) is 25.6 Å². The number of nitrogens with zero attached hydrogens (tertiary/aromatic N) is 1. The molecule has 0 bridgehead atoms. The van der Waals surface area contributed by atoms with Crippen molar-refractivity contribution in [3.8, 4) is 11.5 Å². The Labute approximate surface area is 106 Å². The number of aromatic nitrogens is 2. The van der Waals surface area contributed by atoms with E-state index in [2.05, 4.69) is 15.5 Å². The number of anilines is 1. The predicted octanol–water partition coefficient (Wildman–Crippen LogP) is 2.43. The second-order valence-electron chi connectivity index (χ2n) is 3.76. The van der Waals surface area contributed by atoms with Crippen LogP contribution in [0.4, 0.5) is 5.69 Å². The number of benzene rings is 1. The van der Waals surface area contributed by atoms with E-state index in [1.807, 2.05) is 31.3 Å². The fourth-order valence-corrected chi connectivity index (χ4v) is 1.65. The lowest BCUT2D eigenvalue weighted by molar-refractivity contribution is 0.310. The molecule has 1 aromatic carbocycles. The highest BCUT2D eigenvalue weighted by Gasteiger charge is 2.05. The number of hydrogen-bond donors (Lipinski definition) is 2. The number of rotatable bonds is 6. The van der Waals surface area contributed by atoms with Crippen LogP contribution in [-0.2, 0) is 6.54 Å². The fourth-order valence-electron chi connectivity index (χ4n) is 1.65. The van der Waals surface area contributed by atoms with Gasteiger partial charge in [0.2, 0.25) is 0 Å². The van der Waals surface area contributed by atoms with E-state index >= 15 is 0 Å². The van der Waals surface area contributed by atoms with E-state index in [1.165, 1.54) is 0 Å². The highest BCUT2D eigenvalue weighted by atomic mass is 16.5. The Bertz CT molecular complexity index is 483. The van der Waals surface area contributed by atoms with Gasteiger partial charge in [-0.05, 0) is 24.6 Å². The molecular formula is C13H17N3O2. The van der Waals surface area contributed by atoms with Crippen molar-refractivity contribution in [1.82, 2.24) is 10.2 Å². The molecule has 2 aromatic rings. The SMILES string of the molecule is CCOc1ccc(CNc2cn[nH]c2)cc1OC. The van der Waals surface area contributed by atoms with Gasteiger partial charge in [0.1, 0.15) is 0 Å². The number of methoxy groups -OCH3 is 1. The smallest absolute Gasteiger partial charge is 0.161 e. The number of H-pyrrole nitrogens is 1. The molecule has 0 radical (unpaired) electrons. The molecule has 1 aromatic heterocycles. The van der Waals surface area contributed by atoms with Gasteiger partial charge in [-0.1, -0.05) is 6.07 Å². The first-order chi connectivity index (χ1) is 8.83. The molecule has 1 heterocycles. The van der Waals surface area contributed by atoms with Crippen LogP contribution in [0.1, 0.15) is 12.5 Å². The largest absolute Gasteiger partial charge is 0.493 e. The van der Waals surface area contributed by atoms with Crippen molar-refractivity contribution in [2.75, 3.05) is 19.0 Å². The van der Waals surface area contributed by atoms with Gasteiger partial charge in [0.15, 0.2) is 11.5 Å². The second kappa shape index (κ2) is 5.95. The maximum Gasteiger partial charge on any atom is 0.161 e. The molecule has 96 valence electrons. The molecule has 0 aliphatic rings. The van der Waals surface area contributed by atoms with E-state index in [9.17, 15) is 0 Å². The minimum atomic E-state index is 0.628. The van der Waals surface area contributed by atoms with Gasteiger partial charge in [-0.3, -0.25) is 5.10 Å². The van der Waals surface area contributed by atoms with Crippen LogP contribution in [-0.4, -0.2) is 23.9 Å². The maximum absolute atomic E-state index is 5.47. The van der Waals surface area contributed by atoms with Crippen molar-refractivity contribution >= 4 is 5.69 Å². The Morgan fingerprint density at radius 3 is 2.89 bits per heavy atom. The Balaban J connectivity index is 2.05. The predicted molar refractivity (Wildman–Crippen MR) is 70.1 cm³/mol. The quantitative estimate of drug-likeness (QED) is 0.823. The maximum atomic E-state index is 5.47. The lowest BCUT2D eigenvalue weighted by Crippen LogP contribution is -2.00. The molecule has 5 nitrogen and oxygen atoms in total. The molecule has 2 rings (SSSR count). The Hall–Kier alpha value is -2.17. The molecule has 0 unspecified atom stereocenters. The number of aromatic amines is 1. The third kappa shape index (κ3) is 2.94. The Morgan fingerprint density at radius 1 is 1.33 bits per heavy atom. The molecule has 0 amide bonds. The molecule has 0 aliphatic heterocycles. The molecule has 5 heteroatoms. The van der Waals surface area contributed by atoms with Crippen LogP contribution in [0.15, 0.2) is 30.6 Å². The number of nitrogens with one attached hydrogen (secondary N) is 2. The van der Waals surface area contributed by atoms with Gasteiger partial charge < -0.3 is 14.8 Å². The zero-order valence-corrected chi connectivity index (χ0v) is 10.6. The van der Waals surface area contributed by atoms with Crippen LogP contribution in [0.2, 0.25) is 0 Å². The summed E-state index contributed by atoms with van der Waals surface area (Å²) in [5.41, 5.74) is 2.08. The van der Waals surface area contributed by atoms with Crippen LogP contribution in [0.25, 0.3) is 0 Å². The first kappa shape index (κ1) is 12.3. The van der Waals surface area contributed by atoms with Crippen molar-refractivity contribution in [3.05, 3.63) is 36.2 Å². The minimum absolute atomic E-state index is 0.628. The number of hydrogen-bond acceptors (Lipinski definition) is 4. The van der Waals surface area contributed by atoms with Crippen molar-refractivity contribution in [2.24, 2.45) is 0 Å². The summed E-state index contributed by atoms with van der Waals surface area (Å²) in [5.74, 6) is 1.52. The van der Waals surface area contributed by atoms with Crippen LogP contribution in [0.3, 0.4) is 0 Å². The Kier molecular flexibility index (Phi) is 4.06. The third-order valence-corrected chi connectivity index (χ3v) is 2.52. The Morgan fingerprint density at radius 2 is 2.22 bits per heavy atom. The highest BCUT2D eigenvalue weighted by Crippen LogP contribution is 2.28. The van der Waals surface area contributed by atoms with E-state index in [0.717, 1.165) is 22.7 Å².